The molecule has 1 amide bonds. The molecule has 1 aromatic heterocycles. The number of thiazole rings is 1. The maximum atomic E-state index is 13.6. The predicted octanol–water partition coefficient (Wildman–Crippen LogP) is 2.70. The van der Waals surface area contributed by atoms with Crippen LogP contribution in [-0.2, 0) is 16.1 Å². The number of carbonyl (C=O) groups excluding carboxylic acids is 2. The predicted molar refractivity (Wildman–Crippen MR) is 94.0 cm³/mol. The first-order valence-corrected chi connectivity index (χ1v) is 8.34. The molecule has 0 atom stereocenters. The number of aromatic nitrogens is 1. The van der Waals surface area contributed by atoms with Crippen molar-refractivity contribution in [1.29, 1.82) is 0 Å². The number of nitrogens with zero attached hydrogens (tertiary/aromatic N) is 2. The first-order valence-electron chi connectivity index (χ1n) is 7.46. The van der Waals surface area contributed by atoms with Gasteiger partial charge in [0, 0.05) is 31.1 Å². The number of rotatable bonds is 8. The van der Waals surface area contributed by atoms with Gasteiger partial charge < -0.3 is 15.0 Å². The van der Waals surface area contributed by atoms with Gasteiger partial charge in [-0.15, -0.1) is 17.9 Å². The molecule has 0 saturated carbocycles. The standard InChI is InChI=1S/C17H18FN3O3S/c1-3-8-19-17-20-14(11-25-17)16(23)24-10-15(22)21(2)9-12-6-4-5-7-13(12)18/h3-7,11H,1,8-10H2,2H3,(H,19,20). The summed E-state index contributed by atoms with van der Waals surface area (Å²) in [5, 5.41) is 5.06. The second kappa shape index (κ2) is 8.93. The summed E-state index contributed by atoms with van der Waals surface area (Å²) in [6.45, 7) is 3.76. The van der Waals surface area contributed by atoms with E-state index >= 15 is 0 Å². The highest BCUT2D eigenvalue weighted by atomic mass is 32.1. The van der Waals surface area contributed by atoms with Crippen LogP contribution in [0.1, 0.15) is 16.1 Å². The van der Waals surface area contributed by atoms with Crippen molar-refractivity contribution in [2.24, 2.45) is 0 Å². The lowest BCUT2D eigenvalue weighted by Crippen LogP contribution is -2.31. The van der Waals surface area contributed by atoms with Crippen LogP contribution in [0.5, 0.6) is 0 Å². The van der Waals surface area contributed by atoms with Crippen LogP contribution in [0.15, 0.2) is 42.3 Å². The topological polar surface area (TPSA) is 71.5 Å². The molecule has 0 bridgehead atoms. The first-order chi connectivity index (χ1) is 12.0. The Bertz CT molecular complexity index is 763. The Morgan fingerprint density at radius 1 is 1.44 bits per heavy atom. The van der Waals surface area contributed by atoms with E-state index < -0.39 is 18.5 Å². The van der Waals surface area contributed by atoms with Gasteiger partial charge in [0.2, 0.25) is 0 Å². The summed E-state index contributed by atoms with van der Waals surface area (Å²) in [6.07, 6.45) is 1.67. The maximum Gasteiger partial charge on any atom is 0.358 e. The minimum Gasteiger partial charge on any atom is -0.451 e. The Morgan fingerprint density at radius 3 is 2.92 bits per heavy atom. The van der Waals surface area contributed by atoms with E-state index in [1.165, 1.54) is 29.4 Å². The van der Waals surface area contributed by atoms with Gasteiger partial charge in [-0.2, -0.15) is 0 Å². The number of amides is 1. The third-order valence-electron chi connectivity index (χ3n) is 3.23. The quantitative estimate of drug-likeness (QED) is 0.577. The van der Waals surface area contributed by atoms with Crippen molar-refractivity contribution in [3.63, 3.8) is 0 Å². The lowest BCUT2D eigenvalue weighted by atomic mass is 10.2. The Labute approximate surface area is 148 Å². The average Bonchev–Trinajstić information content (AvgIpc) is 3.08. The van der Waals surface area contributed by atoms with Crippen LogP contribution in [0.2, 0.25) is 0 Å². The van der Waals surface area contributed by atoms with Crippen molar-refractivity contribution in [3.05, 3.63) is 59.4 Å². The number of likely N-dealkylation sites (N-methyl/N-ethyl adjacent to an activating group) is 1. The van der Waals surface area contributed by atoms with Crippen LogP contribution < -0.4 is 5.32 Å². The molecular weight excluding hydrogens is 345 g/mol. The van der Waals surface area contributed by atoms with E-state index in [2.05, 4.69) is 16.9 Å². The van der Waals surface area contributed by atoms with Crippen molar-refractivity contribution in [2.45, 2.75) is 6.54 Å². The van der Waals surface area contributed by atoms with Crippen LogP contribution in [-0.4, -0.2) is 42.0 Å². The second-order valence-corrected chi connectivity index (χ2v) is 5.98. The molecule has 0 unspecified atom stereocenters. The van der Waals surface area contributed by atoms with E-state index in [9.17, 15) is 14.0 Å². The van der Waals surface area contributed by atoms with Crippen molar-refractivity contribution in [3.8, 4) is 0 Å². The van der Waals surface area contributed by atoms with Gasteiger partial charge in [-0.25, -0.2) is 14.2 Å². The maximum absolute atomic E-state index is 13.6. The number of halogens is 1. The van der Waals surface area contributed by atoms with Gasteiger partial charge in [0.05, 0.1) is 0 Å². The van der Waals surface area contributed by atoms with E-state index in [0.717, 1.165) is 0 Å². The molecule has 1 N–H and O–H groups in total. The zero-order valence-corrected chi connectivity index (χ0v) is 14.5. The third kappa shape index (κ3) is 5.39. The highest BCUT2D eigenvalue weighted by Gasteiger charge is 2.17. The fourth-order valence-corrected chi connectivity index (χ4v) is 2.58. The summed E-state index contributed by atoms with van der Waals surface area (Å²) >= 11 is 1.25. The summed E-state index contributed by atoms with van der Waals surface area (Å²) in [6, 6.07) is 6.19. The molecule has 8 heteroatoms. The Hall–Kier alpha value is -2.74. The van der Waals surface area contributed by atoms with E-state index in [4.69, 9.17) is 4.74 Å². The molecule has 1 heterocycles. The molecule has 2 rings (SSSR count). The average molecular weight is 363 g/mol. The van der Waals surface area contributed by atoms with Crippen LogP contribution in [0.4, 0.5) is 9.52 Å². The van der Waals surface area contributed by atoms with Gasteiger partial charge in [0.15, 0.2) is 17.4 Å². The number of nitrogens with one attached hydrogen (secondary N) is 1. The minimum absolute atomic E-state index is 0.0926. The molecular formula is C17H18FN3O3S. The Kier molecular flexibility index (Phi) is 6.64. The van der Waals surface area contributed by atoms with Crippen LogP contribution in [0, 0.1) is 5.82 Å². The van der Waals surface area contributed by atoms with Crippen molar-refractivity contribution >= 4 is 28.3 Å². The van der Waals surface area contributed by atoms with Gasteiger partial charge in [-0.05, 0) is 6.07 Å². The van der Waals surface area contributed by atoms with Crippen LogP contribution >= 0.6 is 11.3 Å². The summed E-state index contributed by atoms with van der Waals surface area (Å²) in [7, 11) is 1.52. The Balaban J connectivity index is 1.84. The lowest BCUT2D eigenvalue weighted by Gasteiger charge is -2.17. The van der Waals surface area contributed by atoms with Crippen LogP contribution in [0.25, 0.3) is 0 Å². The van der Waals surface area contributed by atoms with Gasteiger partial charge in [0.25, 0.3) is 5.91 Å². The lowest BCUT2D eigenvalue weighted by molar-refractivity contribution is -0.133. The summed E-state index contributed by atoms with van der Waals surface area (Å²) in [5.74, 6) is -1.51. The first kappa shape index (κ1) is 18.6. The fraction of sp³-hybridized carbons (Fsp3) is 0.235. The monoisotopic (exact) mass is 363 g/mol. The number of carbonyl (C=O) groups is 2. The smallest absolute Gasteiger partial charge is 0.358 e. The number of esters is 1. The van der Waals surface area contributed by atoms with E-state index in [1.807, 2.05) is 0 Å². The van der Waals surface area contributed by atoms with Crippen molar-refractivity contribution in [2.75, 3.05) is 25.5 Å². The van der Waals surface area contributed by atoms with E-state index in [1.54, 1.807) is 29.7 Å². The molecule has 25 heavy (non-hydrogen) atoms. The highest BCUT2D eigenvalue weighted by molar-refractivity contribution is 7.13. The second-order valence-electron chi connectivity index (χ2n) is 5.12. The molecule has 2 aromatic rings. The van der Waals surface area contributed by atoms with Gasteiger partial charge in [-0.3, -0.25) is 4.79 Å². The molecule has 0 aliphatic rings. The number of hydrogen-bond acceptors (Lipinski definition) is 6. The number of benzene rings is 1. The molecule has 0 aliphatic heterocycles. The molecule has 0 aliphatic carbocycles. The minimum atomic E-state index is -0.685. The van der Waals surface area contributed by atoms with Crippen molar-refractivity contribution < 1.29 is 18.7 Å². The third-order valence-corrected chi connectivity index (χ3v) is 4.03. The largest absolute Gasteiger partial charge is 0.451 e. The van der Waals surface area contributed by atoms with Gasteiger partial charge in [-0.1, -0.05) is 24.3 Å². The van der Waals surface area contributed by atoms with Crippen molar-refractivity contribution in [1.82, 2.24) is 9.88 Å². The summed E-state index contributed by atoms with van der Waals surface area (Å²) in [5.41, 5.74) is 0.517. The van der Waals surface area contributed by atoms with Crippen LogP contribution in [0.3, 0.4) is 0 Å². The normalized spacial score (nSPS) is 10.2. The summed E-state index contributed by atoms with van der Waals surface area (Å²) in [4.78, 5) is 29.3. The zero-order chi connectivity index (χ0) is 18.2. The highest BCUT2D eigenvalue weighted by Crippen LogP contribution is 2.16. The molecule has 0 radical (unpaired) electrons. The molecule has 132 valence electrons. The summed E-state index contributed by atoms with van der Waals surface area (Å²) < 4.78 is 18.6. The molecule has 0 saturated heterocycles. The van der Waals surface area contributed by atoms with Gasteiger partial charge in [0.1, 0.15) is 5.82 Å². The van der Waals surface area contributed by atoms with Gasteiger partial charge >= 0.3 is 5.97 Å². The van der Waals surface area contributed by atoms with E-state index in [0.29, 0.717) is 17.2 Å². The van der Waals surface area contributed by atoms with E-state index in [-0.39, 0.29) is 18.1 Å². The number of ether oxygens (including phenoxy) is 1. The fourth-order valence-electron chi connectivity index (χ4n) is 1.89. The molecule has 6 nitrogen and oxygen atoms in total. The Morgan fingerprint density at radius 2 is 2.20 bits per heavy atom. The molecule has 1 aromatic carbocycles. The number of anilines is 1. The molecule has 0 spiro atoms. The number of hydrogen-bond donors (Lipinski definition) is 1. The zero-order valence-electron chi connectivity index (χ0n) is 13.7. The SMILES string of the molecule is C=CCNc1nc(C(=O)OCC(=O)N(C)Cc2ccccc2F)cs1. The molecule has 0 fully saturated rings.